The fourth-order valence-electron chi connectivity index (χ4n) is 4.92. The van der Waals surface area contributed by atoms with Crippen LogP contribution in [0.1, 0.15) is 57.7 Å². The number of fused-ring (bicyclic) bond motifs is 1. The lowest BCUT2D eigenvalue weighted by molar-refractivity contribution is -0.137. The van der Waals surface area contributed by atoms with Gasteiger partial charge >= 0.3 is 6.18 Å². The molecule has 2 aromatic heterocycles. The van der Waals surface area contributed by atoms with Crippen LogP contribution in [-0.4, -0.2) is 32.6 Å². The van der Waals surface area contributed by atoms with Crippen molar-refractivity contribution in [2.75, 3.05) is 5.32 Å². The largest absolute Gasteiger partial charge is 0.418 e. The van der Waals surface area contributed by atoms with Gasteiger partial charge in [-0.05, 0) is 37.2 Å². The Morgan fingerprint density at radius 2 is 1.94 bits per heavy atom. The van der Waals surface area contributed by atoms with Crippen LogP contribution in [0.5, 0.6) is 0 Å². The summed E-state index contributed by atoms with van der Waals surface area (Å²) in [6, 6.07) is 1.21. The molecule has 0 unspecified atom stereocenters. The van der Waals surface area contributed by atoms with E-state index in [9.17, 15) is 22.8 Å². The first-order valence-electron chi connectivity index (χ1n) is 11.1. The summed E-state index contributed by atoms with van der Waals surface area (Å²) >= 11 is 0. The maximum Gasteiger partial charge on any atom is 0.418 e. The first-order valence-corrected chi connectivity index (χ1v) is 11.1. The fourth-order valence-corrected chi connectivity index (χ4v) is 4.92. The molecular formula is C23H28F3N5O2. The number of rotatable bonds is 4. The Bertz CT molecular complexity index is 1080. The lowest BCUT2D eigenvalue weighted by Crippen LogP contribution is -2.40. The zero-order chi connectivity index (χ0) is 24.0. The van der Waals surface area contributed by atoms with Crippen LogP contribution in [0, 0.1) is 11.3 Å². The van der Waals surface area contributed by atoms with E-state index >= 15 is 0 Å². The molecule has 2 aliphatic rings. The first kappa shape index (κ1) is 23.3. The molecule has 2 N–H and O–H groups in total. The second kappa shape index (κ2) is 8.46. The van der Waals surface area contributed by atoms with Gasteiger partial charge < -0.3 is 10.6 Å². The molecule has 0 aromatic carbocycles. The summed E-state index contributed by atoms with van der Waals surface area (Å²) in [4.78, 5) is 28.1. The number of alkyl halides is 3. The second-order valence-corrected chi connectivity index (χ2v) is 9.87. The third-order valence-electron chi connectivity index (χ3n) is 6.38. The predicted molar refractivity (Wildman–Crippen MR) is 116 cm³/mol. The number of nitrogens with one attached hydrogen (secondary N) is 2. The summed E-state index contributed by atoms with van der Waals surface area (Å²) in [5.41, 5.74) is 0.177. The number of hydrogen-bond donors (Lipinski definition) is 2. The highest BCUT2D eigenvalue weighted by atomic mass is 19.4. The SMILES string of the molecule is CC(=O)N[C@@H]1CCC[C@H](C(=O)Nc2cc(-c3cnn4c3CC(C)(C)C4)c(C(F)(F)F)cn2)C1. The smallest absolute Gasteiger partial charge is 0.354 e. The summed E-state index contributed by atoms with van der Waals surface area (Å²) in [6.07, 6.45) is 0.976. The Kier molecular flexibility index (Phi) is 5.96. The van der Waals surface area contributed by atoms with Crippen molar-refractivity contribution < 1.29 is 22.8 Å². The molecule has 1 fully saturated rings. The van der Waals surface area contributed by atoms with Gasteiger partial charge in [0, 0.05) is 48.4 Å². The Hall–Kier alpha value is -2.91. The number of amides is 2. The van der Waals surface area contributed by atoms with Gasteiger partial charge in [-0.1, -0.05) is 20.3 Å². The van der Waals surface area contributed by atoms with Crippen molar-refractivity contribution in [1.29, 1.82) is 0 Å². The Morgan fingerprint density at radius 3 is 2.64 bits per heavy atom. The van der Waals surface area contributed by atoms with Gasteiger partial charge in [0.25, 0.3) is 0 Å². The van der Waals surface area contributed by atoms with Gasteiger partial charge in [-0.3, -0.25) is 14.3 Å². The summed E-state index contributed by atoms with van der Waals surface area (Å²) in [7, 11) is 0. The Morgan fingerprint density at radius 1 is 1.18 bits per heavy atom. The van der Waals surface area contributed by atoms with Crippen molar-refractivity contribution in [3.63, 3.8) is 0 Å². The topological polar surface area (TPSA) is 88.9 Å². The van der Waals surface area contributed by atoms with E-state index in [4.69, 9.17) is 0 Å². The molecule has 10 heteroatoms. The summed E-state index contributed by atoms with van der Waals surface area (Å²) in [5.74, 6) is -0.720. The van der Waals surface area contributed by atoms with Gasteiger partial charge in [0.15, 0.2) is 0 Å². The van der Waals surface area contributed by atoms with E-state index in [0.717, 1.165) is 24.7 Å². The van der Waals surface area contributed by atoms with Gasteiger partial charge in [-0.15, -0.1) is 0 Å². The van der Waals surface area contributed by atoms with Crippen molar-refractivity contribution in [3.05, 3.63) is 29.7 Å². The van der Waals surface area contributed by atoms with Crippen molar-refractivity contribution in [2.24, 2.45) is 11.3 Å². The molecule has 1 aliphatic heterocycles. The maximum absolute atomic E-state index is 13.8. The minimum absolute atomic E-state index is 0.0356. The number of carbonyl (C=O) groups excluding carboxylic acids is 2. The van der Waals surface area contributed by atoms with Crippen LogP contribution >= 0.6 is 0 Å². The molecule has 0 bridgehead atoms. The number of anilines is 1. The van der Waals surface area contributed by atoms with Gasteiger partial charge in [-0.25, -0.2) is 4.98 Å². The zero-order valence-corrected chi connectivity index (χ0v) is 18.9. The van der Waals surface area contributed by atoms with E-state index in [1.807, 2.05) is 13.8 Å². The number of pyridine rings is 1. The summed E-state index contributed by atoms with van der Waals surface area (Å²) in [6.45, 7) is 6.17. The molecule has 2 aromatic rings. The van der Waals surface area contributed by atoms with Crippen molar-refractivity contribution in [1.82, 2.24) is 20.1 Å². The number of carbonyl (C=O) groups is 2. The number of nitrogens with zero attached hydrogens (tertiary/aromatic N) is 3. The molecule has 0 saturated heterocycles. The van der Waals surface area contributed by atoms with E-state index in [-0.39, 0.29) is 40.6 Å². The highest BCUT2D eigenvalue weighted by Gasteiger charge is 2.38. The van der Waals surface area contributed by atoms with E-state index in [1.54, 1.807) is 4.68 Å². The van der Waals surface area contributed by atoms with Crippen LogP contribution in [0.2, 0.25) is 0 Å². The number of hydrogen-bond acceptors (Lipinski definition) is 4. The third-order valence-corrected chi connectivity index (χ3v) is 6.38. The summed E-state index contributed by atoms with van der Waals surface area (Å²) in [5, 5.41) is 9.83. The van der Waals surface area contributed by atoms with E-state index in [1.165, 1.54) is 19.2 Å². The van der Waals surface area contributed by atoms with E-state index in [2.05, 4.69) is 20.7 Å². The van der Waals surface area contributed by atoms with Crippen LogP contribution in [0.25, 0.3) is 11.1 Å². The van der Waals surface area contributed by atoms with Crippen LogP contribution in [0.4, 0.5) is 19.0 Å². The lowest BCUT2D eigenvalue weighted by atomic mass is 9.85. The molecule has 4 rings (SSSR count). The summed E-state index contributed by atoms with van der Waals surface area (Å²) < 4.78 is 43.1. The normalized spacial score (nSPS) is 22.0. The molecule has 178 valence electrons. The van der Waals surface area contributed by atoms with Crippen LogP contribution in [-0.2, 0) is 28.7 Å². The molecule has 0 spiro atoms. The quantitative estimate of drug-likeness (QED) is 0.712. The molecule has 2 atom stereocenters. The van der Waals surface area contributed by atoms with Gasteiger partial charge in [0.05, 0.1) is 11.8 Å². The maximum atomic E-state index is 13.8. The first-order chi connectivity index (χ1) is 15.4. The molecule has 33 heavy (non-hydrogen) atoms. The molecule has 1 saturated carbocycles. The van der Waals surface area contributed by atoms with Gasteiger partial charge in [0.1, 0.15) is 5.82 Å². The van der Waals surface area contributed by atoms with E-state index in [0.29, 0.717) is 31.4 Å². The molecule has 2 amide bonds. The van der Waals surface area contributed by atoms with Crippen molar-refractivity contribution in [2.45, 2.75) is 71.6 Å². The highest BCUT2D eigenvalue weighted by molar-refractivity contribution is 5.92. The molecular weight excluding hydrogens is 435 g/mol. The van der Waals surface area contributed by atoms with Crippen molar-refractivity contribution >= 4 is 17.6 Å². The van der Waals surface area contributed by atoms with Gasteiger partial charge in [-0.2, -0.15) is 18.3 Å². The van der Waals surface area contributed by atoms with Crippen LogP contribution in [0.3, 0.4) is 0 Å². The molecule has 3 heterocycles. The van der Waals surface area contributed by atoms with Crippen LogP contribution in [0.15, 0.2) is 18.5 Å². The van der Waals surface area contributed by atoms with E-state index < -0.39 is 11.7 Å². The number of aromatic nitrogens is 3. The minimum atomic E-state index is -4.59. The Balaban J connectivity index is 1.60. The average Bonchev–Trinajstić information content (AvgIpc) is 3.21. The van der Waals surface area contributed by atoms with Crippen LogP contribution < -0.4 is 10.6 Å². The highest BCUT2D eigenvalue weighted by Crippen LogP contribution is 2.42. The van der Waals surface area contributed by atoms with Gasteiger partial charge in [0.2, 0.25) is 11.8 Å². The number of halogens is 3. The standard InChI is InChI=1S/C23H28F3N5O2/c1-13(32)29-15-6-4-5-14(7-15)21(33)30-20-8-16(18(11-27-20)23(24,25)26)17-10-28-31-12-22(2,3)9-19(17)31/h8,10-11,14-15H,4-7,9,12H2,1-3H3,(H,29,32)(H,27,30,33)/t14-,15+/m0/s1. The molecule has 7 nitrogen and oxygen atoms in total. The Labute approximate surface area is 190 Å². The zero-order valence-electron chi connectivity index (χ0n) is 18.9. The predicted octanol–water partition coefficient (Wildman–Crippen LogP) is 4.18. The third kappa shape index (κ3) is 5.04. The van der Waals surface area contributed by atoms with Crippen molar-refractivity contribution in [3.8, 4) is 11.1 Å². The second-order valence-electron chi connectivity index (χ2n) is 9.87. The minimum Gasteiger partial charge on any atom is -0.354 e. The lowest BCUT2D eigenvalue weighted by Gasteiger charge is -2.28. The average molecular weight is 464 g/mol. The monoisotopic (exact) mass is 463 g/mol. The molecule has 0 radical (unpaired) electrons. The molecule has 1 aliphatic carbocycles. The fraction of sp³-hybridized carbons (Fsp3) is 0.565.